The summed E-state index contributed by atoms with van der Waals surface area (Å²) in [5, 5.41) is 3.00. The fourth-order valence-electron chi connectivity index (χ4n) is 4.88. The molecular formula is C27H34N4O5S. The van der Waals surface area contributed by atoms with Crippen LogP contribution in [0.2, 0.25) is 0 Å². The third-order valence-electron chi connectivity index (χ3n) is 6.84. The van der Waals surface area contributed by atoms with Crippen molar-refractivity contribution in [3.63, 3.8) is 0 Å². The summed E-state index contributed by atoms with van der Waals surface area (Å²) in [6.07, 6.45) is 0. The third kappa shape index (κ3) is 5.56. The van der Waals surface area contributed by atoms with E-state index in [2.05, 4.69) is 10.2 Å². The molecule has 10 heteroatoms. The number of carbonyl (C=O) groups is 2. The first kappa shape index (κ1) is 26.8. The van der Waals surface area contributed by atoms with Gasteiger partial charge in [-0.05, 0) is 44.0 Å². The van der Waals surface area contributed by atoms with Crippen LogP contribution in [0, 0.1) is 6.92 Å². The van der Waals surface area contributed by atoms with Gasteiger partial charge in [-0.15, -0.1) is 0 Å². The summed E-state index contributed by atoms with van der Waals surface area (Å²) in [4.78, 5) is 30.4. The van der Waals surface area contributed by atoms with Crippen molar-refractivity contribution in [3.05, 3.63) is 77.0 Å². The molecule has 2 aliphatic rings. The number of hydrogen-bond acceptors (Lipinski definition) is 6. The second kappa shape index (κ2) is 11.5. The number of piperazine rings is 1. The molecule has 1 N–H and O–H groups in total. The number of nitrogens with one attached hydrogen (secondary N) is 1. The second-order valence-corrected chi connectivity index (χ2v) is 11.0. The normalized spacial score (nSPS) is 19.6. The van der Waals surface area contributed by atoms with Gasteiger partial charge in [0.15, 0.2) is 0 Å². The van der Waals surface area contributed by atoms with Crippen LogP contribution in [0.25, 0.3) is 0 Å². The average Bonchev–Trinajstić information content (AvgIpc) is 2.90. The van der Waals surface area contributed by atoms with Crippen LogP contribution in [0.4, 0.5) is 4.79 Å². The van der Waals surface area contributed by atoms with Crippen molar-refractivity contribution in [2.24, 2.45) is 0 Å². The van der Waals surface area contributed by atoms with E-state index >= 15 is 0 Å². The summed E-state index contributed by atoms with van der Waals surface area (Å²) in [6, 6.07) is 15.2. The van der Waals surface area contributed by atoms with Crippen molar-refractivity contribution in [2.45, 2.75) is 31.7 Å². The standard InChI is InChI=1S/C27H34N4O5S/c1-4-31-23(19-29-15-17-30(18-16-29)37(34,35)21-12-7-6-8-13-21)24(26(32)36-5-2)25(28-27(31)33)22-14-10-9-11-20(22)3/h6-14,25H,4-5,15-19H2,1-3H3,(H,28,33). The number of sulfonamides is 1. The Kier molecular flexibility index (Phi) is 8.31. The number of likely N-dealkylation sites (N-methyl/N-ethyl adjacent to an activating group) is 1. The quantitative estimate of drug-likeness (QED) is 0.531. The molecule has 2 aliphatic heterocycles. The minimum atomic E-state index is -3.58. The zero-order chi connectivity index (χ0) is 26.6. The molecular weight excluding hydrogens is 492 g/mol. The monoisotopic (exact) mass is 526 g/mol. The van der Waals surface area contributed by atoms with Gasteiger partial charge in [0.2, 0.25) is 10.0 Å². The number of aryl methyl sites for hydroxylation is 1. The Bertz CT molecular complexity index is 1270. The summed E-state index contributed by atoms with van der Waals surface area (Å²) in [5.41, 5.74) is 2.80. The molecule has 9 nitrogen and oxygen atoms in total. The van der Waals surface area contributed by atoms with E-state index in [4.69, 9.17) is 4.74 Å². The SMILES string of the molecule is CCOC(=O)C1=C(CN2CCN(S(=O)(=O)c3ccccc3)CC2)N(CC)C(=O)NC1c1ccccc1C. The predicted octanol–water partition coefficient (Wildman–Crippen LogP) is 2.90. The molecule has 1 saturated heterocycles. The van der Waals surface area contributed by atoms with Gasteiger partial charge in [-0.1, -0.05) is 42.5 Å². The van der Waals surface area contributed by atoms with Gasteiger partial charge < -0.3 is 10.1 Å². The summed E-state index contributed by atoms with van der Waals surface area (Å²) in [7, 11) is -3.58. The van der Waals surface area contributed by atoms with Gasteiger partial charge in [-0.3, -0.25) is 9.80 Å². The second-order valence-electron chi connectivity index (χ2n) is 9.06. The Hall–Kier alpha value is -3.21. The molecule has 0 saturated carbocycles. The van der Waals surface area contributed by atoms with E-state index in [1.165, 1.54) is 4.31 Å². The van der Waals surface area contributed by atoms with E-state index in [1.807, 2.05) is 38.1 Å². The highest BCUT2D eigenvalue weighted by atomic mass is 32.2. The summed E-state index contributed by atoms with van der Waals surface area (Å²) in [6.45, 7) is 8.07. The van der Waals surface area contributed by atoms with Gasteiger partial charge in [-0.2, -0.15) is 4.31 Å². The summed E-state index contributed by atoms with van der Waals surface area (Å²) >= 11 is 0. The molecule has 1 unspecified atom stereocenters. The molecule has 2 amide bonds. The molecule has 0 bridgehead atoms. The van der Waals surface area contributed by atoms with E-state index in [9.17, 15) is 18.0 Å². The van der Waals surface area contributed by atoms with Gasteiger partial charge in [-0.25, -0.2) is 18.0 Å². The van der Waals surface area contributed by atoms with E-state index < -0.39 is 22.0 Å². The Morgan fingerprint density at radius 2 is 1.65 bits per heavy atom. The maximum absolute atomic E-state index is 13.3. The van der Waals surface area contributed by atoms with Crippen molar-refractivity contribution < 1.29 is 22.7 Å². The molecule has 0 spiro atoms. The van der Waals surface area contributed by atoms with E-state index in [-0.39, 0.29) is 17.5 Å². The lowest BCUT2D eigenvalue weighted by molar-refractivity contribution is -0.139. The largest absolute Gasteiger partial charge is 0.463 e. The van der Waals surface area contributed by atoms with Gasteiger partial charge in [0, 0.05) is 45.0 Å². The van der Waals surface area contributed by atoms with E-state index in [0.717, 1.165) is 11.1 Å². The van der Waals surface area contributed by atoms with Gasteiger partial charge in [0.05, 0.1) is 23.1 Å². The average molecular weight is 527 g/mol. The molecule has 4 rings (SSSR count). The molecule has 1 atom stereocenters. The number of carbonyl (C=O) groups excluding carboxylic acids is 2. The first-order valence-electron chi connectivity index (χ1n) is 12.6. The minimum Gasteiger partial charge on any atom is -0.463 e. The molecule has 0 radical (unpaired) electrons. The van der Waals surface area contributed by atoms with Crippen molar-refractivity contribution in [1.29, 1.82) is 0 Å². The molecule has 2 aromatic rings. The molecule has 0 aliphatic carbocycles. The number of hydrogen-bond donors (Lipinski definition) is 1. The number of rotatable bonds is 8. The fourth-order valence-corrected chi connectivity index (χ4v) is 6.33. The lowest BCUT2D eigenvalue weighted by Crippen LogP contribution is -2.53. The first-order valence-corrected chi connectivity index (χ1v) is 14.0. The van der Waals surface area contributed by atoms with E-state index in [1.54, 1.807) is 42.2 Å². The van der Waals surface area contributed by atoms with Crippen LogP contribution >= 0.6 is 0 Å². The van der Waals surface area contributed by atoms with Gasteiger partial charge in [0.25, 0.3) is 0 Å². The van der Waals surface area contributed by atoms with Crippen molar-refractivity contribution in [2.75, 3.05) is 45.9 Å². The molecule has 2 heterocycles. The molecule has 0 aromatic heterocycles. The molecule has 1 fully saturated rings. The third-order valence-corrected chi connectivity index (χ3v) is 8.75. The van der Waals surface area contributed by atoms with Crippen LogP contribution in [0.1, 0.15) is 31.0 Å². The van der Waals surface area contributed by atoms with E-state index in [0.29, 0.717) is 50.5 Å². The highest BCUT2D eigenvalue weighted by molar-refractivity contribution is 7.89. The Morgan fingerprint density at radius 1 is 1.00 bits per heavy atom. The van der Waals surface area contributed by atoms with Crippen LogP contribution in [-0.4, -0.2) is 80.4 Å². The topological polar surface area (TPSA) is 99.3 Å². The van der Waals surface area contributed by atoms with Gasteiger partial charge >= 0.3 is 12.0 Å². The van der Waals surface area contributed by atoms with Crippen LogP contribution in [-0.2, 0) is 19.6 Å². The number of benzene rings is 2. The highest BCUT2D eigenvalue weighted by Crippen LogP contribution is 2.33. The maximum Gasteiger partial charge on any atom is 0.338 e. The highest BCUT2D eigenvalue weighted by Gasteiger charge is 2.39. The Balaban J connectivity index is 1.63. The smallest absolute Gasteiger partial charge is 0.338 e. The van der Waals surface area contributed by atoms with Crippen molar-refractivity contribution in [3.8, 4) is 0 Å². The number of nitrogens with zero attached hydrogens (tertiary/aromatic N) is 3. The molecule has 2 aromatic carbocycles. The number of esters is 1. The Labute approximate surface area is 218 Å². The zero-order valence-electron chi connectivity index (χ0n) is 21.5. The molecule has 198 valence electrons. The minimum absolute atomic E-state index is 0.214. The number of ether oxygens (including phenoxy) is 1. The summed E-state index contributed by atoms with van der Waals surface area (Å²) < 4.78 is 33.0. The van der Waals surface area contributed by atoms with Crippen LogP contribution in [0.3, 0.4) is 0 Å². The van der Waals surface area contributed by atoms with Crippen molar-refractivity contribution in [1.82, 2.24) is 19.4 Å². The van der Waals surface area contributed by atoms with Crippen LogP contribution < -0.4 is 5.32 Å². The number of urea groups is 1. The lowest BCUT2D eigenvalue weighted by atomic mass is 9.91. The first-order chi connectivity index (χ1) is 17.8. The fraction of sp³-hybridized carbons (Fsp3) is 0.407. The van der Waals surface area contributed by atoms with Crippen molar-refractivity contribution >= 4 is 22.0 Å². The van der Waals surface area contributed by atoms with Gasteiger partial charge in [0.1, 0.15) is 0 Å². The maximum atomic E-state index is 13.3. The lowest BCUT2D eigenvalue weighted by Gasteiger charge is -2.40. The number of amides is 2. The van der Waals surface area contributed by atoms with Crippen LogP contribution in [0.15, 0.2) is 70.8 Å². The Morgan fingerprint density at radius 3 is 2.27 bits per heavy atom. The predicted molar refractivity (Wildman–Crippen MR) is 140 cm³/mol. The molecule has 37 heavy (non-hydrogen) atoms. The van der Waals surface area contributed by atoms with Crippen LogP contribution in [0.5, 0.6) is 0 Å². The zero-order valence-corrected chi connectivity index (χ0v) is 22.3. The summed E-state index contributed by atoms with van der Waals surface area (Å²) in [5.74, 6) is -0.463.